The number of nitrogens with zero attached hydrogens (tertiary/aromatic N) is 3. The zero-order valence-electron chi connectivity index (χ0n) is 14.0. The zero-order valence-corrected chi connectivity index (χ0v) is 16.9. The van der Waals surface area contributed by atoms with Gasteiger partial charge < -0.3 is 4.98 Å². The molecule has 1 atom stereocenters. The maximum Gasteiger partial charge on any atom is 0.270 e. The van der Waals surface area contributed by atoms with E-state index in [9.17, 15) is 4.79 Å². The molecule has 4 rings (SSSR count). The second-order valence-electron chi connectivity index (χ2n) is 5.91. The van der Waals surface area contributed by atoms with Crippen LogP contribution in [0.4, 0.5) is 0 Å². The van der Waals surface area contributed by atoms with E-state index in [0.717, 1.165) is 22.2 Å². The molecule has 2 aromatic carbocycles. The van der Waals surface area contributed by atoms with Gasteiger partial charge in [0.2, 0.25) is 0 Å². The normalized spacial score (nSPS) is 14.6. The molecule has 26 heavy (non-hydrogen) atoms. The van der Waals surface area contributed by atoms with E-state index >= 15 is 0 Å². The maximum absolute atomic E-state index is 12.0. The van der Waals surface area contributed by atoms with Crippen molar-refractivity contribution in [1.29, 1.82) is 0 Å². The van der Waals surface area contributed by atoms with Crippen LogP contribution >= 0.6 is 32.3 Å². The van der Waals surface area contributed by atoms with Crippen LogP contribution in [0, 0.1) is 0 Å². The predicted octanol–water partition coefficient (Wildman–Crippen LogP) is 4.22. The van der Waals surface area contributed by atoms with E-state index in [1.807, 2.05) is 58.6 Å². The molecule has 0 amide bonds. The minimum absolute atomic E-state index is 0.0473. The zero-order chi connectivity index (χ0) is 18.1. The number of nitrogens with one attached hydrogen (secondary N) is 1. The van der Waals surface area contributed by atoms with Gasteiger partial charge in [-0.1, -0.05) is 57.5 Å². The van der Waals surface area contributed by atoms with Crippen molar-refractivity contribution in [2.24, 2.45) is 5.10 Å². The molecule has 3 aromatic rings. The first-order valence-corrected chi connectivity index (χ1v) is 11.1. The first-order valence-electron chi connectivity index (χ1n) is 8.20. The summed E-state index contributed by atoms with van der Waals surface area (Å²) in [6.07, 6.45) is 0.602. The van der Waals surface area contributed by atoms with Crippen LogP contribution in [0.25, 0.3) is 11.0 Å². The third-order valence-corrected chi connectivity index (χ3v) is 5.99. The van der Waals surface area contributed by atoms with Crippen molar-refractivity contribution in [3.8, 4) is 0 Å². The Labute approximate surface area is 165 Å². The van der Waals surface area contributed by atoms with Gasteiger partial charge >= 0.3 is 0 Å². The average molecular weight is 479 g/mol. The molecule has 1 unspecified atom stereocenters. The second-order valence-corrected chi connectivity index (χ2v) is 8.18. The SMILES string of the molecule is CCc1nc2cc(C(c3ccc(Cl)cc3)N3C=IC=N3)ccc2[nH]c1=O. The molecular formula is C19H16ClIN4O. The summed E-state index contributed by atoms with van der Waals surface area (Å²) in [5.74, 6) is 0. The monoisotopic (exact) mass is 478 g/mol. The van der Waals surface area contributed by atoms with E-state index in [1.54, 1.807) is 0 Å². The number of rotatable bonds is 4. The fourth-order valence-electron chi connectivity index (χ4n) is 3.00. The molecule has 7 heteroatoms. The van der Waals surface area contributed by atoms with Crippen LogP contribution in [0.15, 0.2) is 52.4 Å². The number of H-pyrrole nitrogens is 1. The molecule has 1 aromatic heterocycles. The van der Waals surface area contributed by atoms with Crippen LogP contribution in [-0.4, -0.2) is 23.3 Å². The van der Waals surface area contributed by atoms with Crippen molar-refractivity contribution in [3.63, 3.8) is 0 Å². The van der Waals surface area contributed by atoms with Gasteiger partial charge in [-0.2, -0.15) is 5.10 Å². The summed E-state index contributed by atoms with van der Waals surface area (Å²) in [4.78, 5) is 19.4. The quantitative estimate of drug-likeness (QED) is 0.571. The first-order chi connectivity index (χ1) is 12.7. The number of hydrazone groups is 1. The van der Waals surface area contributed by atoms with Crippen molar-refractivity contribution in [2.45, 2.75) is 19.4 Å². The fraction of sp³-hybridized carbons (Fsp3) is 0.158. The molecule has 0 saturated heterocycles. The number of fused-ring (bicyclic) bond motifs is 1. The minimum atomic E-state index is -0.150. The number of aryl methyl sites for hydroxylation is 1. The van der Waals surface area contributed by atoms with Gasteiger partial charge in [-0.25, -0.2) is 4.98 Å². The molecule has 0 saturated carbocycles. The van der Waals surface area contributed by atoms with Gasteiger partial charge in [0.1, 0.15) is 11.7 Å². The molecule has 0 aliphatic carbocycles. The molecule has 2 heterocycles. The molecule has 0 fully saturated rings. The predicted molar refractivity (Wildman–Crippen MR) is 115 cm³/mol. The largest absolute Gasteiger partial charge is 0.319 e. The van der Waals surface area contributed by atoms with E-state index in [4.69, 9.17) is 11.6 Å². The Kier molecular flexibility index (Phi) is 4.86. The summed E-state index contributed by atoms with van der Waals surface area (Å²) in [5, 5.41) is 7.24. The second kappa shape index (κ2) is 7.28. The van der Waals surface area contributed by atoms with Gasteiger partial charge in [-0.15, -0.1) is 0 Å². The van der Waals surface area contributed by atoms with Crippen LogP contribution in [0.3, 0.4) is 0 Å². The number of aromatic nitrogens is 2. The maximum atomic E-state index is 12.0. The van der Waals surface area contributed by atoms with Gasteiger partial charge in [-0.3, -0.25) is 9.80 Å². The lowest BCUT2D eigenvalue weighted by atomic mass is 9.98. The number of aromatic amines is 1. The fourth-order valence-corrected chi connectivity index (χ4v) is 4.49. The Bertz CT molecular complexity index is 1060. The highest BCUT2D eigenvalue weighted by Gasteiger charge is 2.22. The lowest BCUT2D eigenvalue weighted by Crippen LogP contribution is -2.21. The summed E-state index contributed by atoms with van der Waals surface area (Å²) >= 11 is 5.91. The van der Waals surface area contributed by atoms with E-state index < -0.39 is 0 Å². The molecule has 5 nitrogen and oxygen atoms in total. The topological polar surface area (TPSA) is 61.4 Å². The third kappa shape index (κ3) is 3.31. The summed E-state index contributed by atoms with van der Waals surface area (Å²) in [6, 6.07) is 13.7. The highest BCUT2D eigenvalue weighted by molar-refractivity contribution is 14.2. The van der Waals surface area contributed by atoms with E-state index in [2.05, 4.69) is 19.2 Å². The van der Waals surface area contributed by atoms with Crippen LogP contribution in [-0.2, 0) is 6.42 Å². The summed E-state index contributed by atoms with van der Waals surface area (Å²) in [7, 11) is 0. The summed E-state index contributed by atoms with van der Waals surface area (Å²) in [5.41, 5.74) is 4.13. The highest BCUT2D eigenvalue weighted by Crippen LogP contribution is 2.32. The Balaban J connectivity index is 1.86. The lowest BCUT2D eigenvalue weighted by Gasteiger charge is -2.25. The van der Waals surface area contributed by atoms with E-state index in [-0.39, 0.29) is 32.3 Å². The number of halogens is 2. The molecule has 1 N–H and O–H groups in total. The number of hydrogen-bond donors (Lipinski definition) is 1. The smallest absolute Gasteiger partial charge is 0.270 e. The van der Waals surface area contributed by atoms with Gasteiger partial charge in [0.15, 0.2) is 0 Å². The van der Waals surface area contributed by atoms with Crippen molar-refractivity contribution < 1.29 is 0 Å². The van der Waals surface area contributed by atoms with Crippen LogP contribution in [0.2, 0.25) is 5.02 Å². The van der Waals surface area contributed by atoms with Crippen LogP contribution < -0.4 is 5.56 Å². The molecule has 132 valence electrons. The average Bonchev–Trinajstić information content (AvgIpc) is 3.17. The third-order valence-electron chi connectivity index (χ3n) is 4.28. The Hall–Kier alpha value is -2.06. The van der Waals surface area contributed by atoms with Crippen LogP contribution in [0.1, 0.15) is 29.8 Å². The molecule has 1 aliphatic heterocycles. The Morgan fingerprint density at radius 3 is 2.65 bits per heavy atom. The number of benzene rings is 2. The highest BCUT2D eigenvalue weighted by atomic mass is 127. The summed E-state index contributed by atoms with van der Waals surface area (Å²) in [6.45, 7) is 1.93. The Morgan fingerprint density at radius 2 is 1.96 bits per heavy atom. The lowest BCUT2D eigenvalue weighted by molar-refractivity contribution is 0.398. The van der Waals surface area contributed by atoms with Crippen molar-refractivity contribution in [2.75, 3.05) is 0 Å². The van der Waals surface area contributed by atoms with E-state index in [1.165, 1.54) is 0 Å². The van der Waals surface area contributed by atoms with Crippen LogP contribution in [0.5, 0.6) is 0 Å². The van der Waals surface area contributed by atoms with Crippen molar-refractivity contribution in [3.05, 3.63) is 74.7 Å². The van der Waals surface area contributed by atoms with E-state index in [0.29, 0.717) is 17.1 Å². The van der Waals surface area contributed by atoms with Crippen molar-refractivity contribution >= 4 is 51.7 Å². The first kappa shape index (κ1) is 17.4. The van der Waals surface area contributed by atoms with Gasteiger partial charge in [0.05, 0.1) is 19.4 Å². The number of hydrogen-bond acceptors (Lipinski definition) is 4. The summed E-state index contributed by atoms with van der Waals surface area (Å²) < 4.78 is 4.16. The molecular weight excluding hydrogens is 463 g/mol. The standard InChI is InChI=1S/C19H16ClIN4O/c1-2-15-19(26)24-16-8-5-13(9-17(16)23-15)18(25-11-21-10-22-25)12-3-6-14(20)7-4-12/h3-11,18H,2H2,1H3,(H,24,26). The van der Waals surface area contributed by atoms with Gasteiger partial charge in [0.25, 0.3) is 5.56 Å². The molecule has 1 aliphatic rings. The molecule has 0 spiro atoms. The molecule has 0 bridgehead atoms. The van der Waals surface area contributed by atoms with Crippen molar-refractivity contribution in [1.82, 2.24) is 15.0 Å². The Morgan fingerprint density at radius 1 is 1.19 bits per heavy atom. The minimum Gasteiger partial charge on any atom is -0.319 e. The van der Waals surface area contributed by atoms with Gasteiger partial charge in [-0.05, 0) is 41.8 Å². The van der Waals surface area contributed by atoms with Gasteiger partial charge in [0, 0.05) is 5.02 Å². The molecule has 0 radical (unpaired) electrons.